The molecule has 1 aromatic heterocycles. The number of benzene rings is 1. The SMILES string of the molecule is CCNC(=NCc1c(C)nn(C)c1C)NC1CCCN(c2cccc(F)c2)C1.I. The van der Waals surface area contributed by atoms with Crippen molar-refractivity contribution in [2.75, 3.05) is 24.5 Å². The van der Waals surface area contributed by atoms with Crippen LogP contribution < -0.4 is 15.5 Å². The van der Waals surface area contributed by atoms with Crippen molar-refractivity contribution in [1.82, 2.24) is 20.4 Å². The van der Waals surface area contributed by atoms with Gasteiger partial charge in [0.2, 0.25) is 0 Å². The van der Waals surface area contributed by atoms with E-state index in [2.05, 4.69) is 34.5 Å². The molecule has 1 aromatic carbocycles. The van der Waals surface area contributed by atoms with Crippen molar-refractivity contribution in [3.63, 3.8) is 0 Å². The summed E-state index contributed by atoms with van der Waals surface area (Å²) in [4.78, 5) is 7.03. The Bertz CT molecular complexity index is 835. The van der Waals surface area contributed by atoms with E-state index in [1.54, 1.807) is 12.1 Å². The monoisotopic (exact) mass is 514 g/mol. The summed E-state index contributed by atoms with van der Waals surface area (Å²) >= 11 is 0. The van der Waals surface area contributed by atoms with Crippen molar-refractivity contribution in [3.05, 3.63) is 47.0 Å². The summed E-state index contributed by atoms with van der Waals surface area (Å²) in [7, 11) is 1.96. The molecule has 1 atom stereocenters. The molecule has 1 saturated heterocycles. The molecule has 1 aliphatic heterocycles. The zero-order chi connectivity index (χ0) is 20.1. The second kappa shape index (κ2) is 10.8. The first-order valence-electron chi connectivity index (χ1n) is 10.0. The standard InChI is InChI=1S/C21H31FN6.HI/c1-5-23-21(24-13-20-15(2)26-27(4)16(20)3)25-18-9-7-11-28(14-18)19-10-6-8-17(22)12-19;/h6,8,10,12,18H,5,7,9,11,13-14H2,1-4H3,(H2,23,24,25);1H. The van der Waals surface area contributed by atoms with Crippen molar-refractivity contribution >= 4 is 35.6 Å². The van der Waals surface area contributed by atoms with Gasteiger partial charge in [0.25, 0.3) is 0 Å². The fourth-order valence-corrected chi connectivity index (χ4v) is 3.72. The highest BCUT2D eigenvalue weighted by molar-refractivity contribution is 14.0. The minimum atomic E-state index is -0.190. The molecule has 1 unspecified atom stereocenters. The predicted octanol–water partition coefficient (Wildman–Crippen LogP) is 3.52. The van der Waals surface area contributed by atoms with Gasteiger partial charge in [0.15, 0.2) is 5.96 Å². The van der Waals surface area contributed by atoms with E-state index < -0.39 is 0 Å². The summed E-state index contributed by atoms with van der Waals surface area (Å²) in [6, 6.07) is 7.10. The van der Waals surface area contributed by atoms with Crippen LogP contribution in [0.15, 0.2) is 29.3 Å². The Kier molecular flexibility index (Phi) is 8.73. The van der Waals surface area contributed by atoms with Gasteiger partial charge in [0.1, 0.15) is 5.82 Å². The molecule has 1 fully saturated rings. The number of anilines is 1. The highest BCUT2D eigenvalue weighted by Crippen LogP contribution is 2.21. The molecule has 2 heterocycles. The molecule has 0 amide bonds. The number of nitrogens with zero attached hydrogens (tertiary/aromatic N) is 4. The van der Waals surface area contributed by atoms with Gasteiger partial charge in [0.05, 0.1) is 12.2 Å². The van der Waals surface area contributed by atoms with Crippen LogP contribution in [0.25, 0.3) is 0 Å². The average molecular weight is 514 g/mol. The van der Waals surface area contributed by atoms with Gasteiger partial charge in [-0.25, -0.2) is 9.38 Å². The van der Waals surface area contributed by atoms with Crippen LogP contribution in [-0.2, 0) is 13.6 Å². The first kappa shape index (κ1) is 23.4. The maximum atomic E-state index is 13.6. The van der Waals surface area contributed by atoms with Crippen molar-refractivity contribution in [2.24, 2.45) is 12.0 Å². The predicted molar refractivity (Wildman–Crippen MR) is 128 cm³/mol. The summed E-state index contributed by atoms with van der Waals surface area (Å²) in [5.41, 5.74) is 4.28. The highest BCUT2D eigenvalue weighted by atomic mass is 127. The largest absolute Gasteiger partial charge is 0.369 e. The minimum absolute atomic E-state index is 0. The number of hydrogen-bond acceptors (Lipinski definition) is 3. The first-order chi connectivity index (χ1) is 13.5. The second-order valence-electron chi connectivity index (χ2n) is 7.38. The smallest absolute Gasteiger partial charge is 0.191 e. The number of guanidine groups is 1. The lowest BCUT2D eigenvalue weighted by molar-refractivity contribution is 0.467. The lowest BCUT2D eigenvalue weighted by atomic mass is 10.0. The molecule has 3 rings (SSSR count). The van der Waals surface area contributed by atoms with Gasteiger partial charge in [0, 0.05) is 49.7 Å². The van der Waals surface area contributed by atoms with Crippen LogP contribution in [0.5, 0.6) is 0 Å². The number of aliphatic imine (C=N–C) groups is 1. The lowest BCUT2D eigenvalue weighted by Gasteiger charge is -2.35. The normalized spacial score (nSPS) is 17.1. The van der Waals surface area contributed by atoms with E-state index in [1.165, 1.54) is 11.6 Å². The van der Waals surface area contributed by atoms with E-state index in [9.17, 15) is 4.39 Å². The Morgan fingerprint density at radius 1 is 1.34 bits per heavy atom. The third kappa shape index (κ3) is 6.07. The lowest BCUT2D eigenvalue weighted by Crippen LogP contribution is -2.51. The zero-order valence-electron chi connectivity index (χ0n) is 17.7. The number of halogens is 2. The highest BCUT2D eigenvalue weighted by Gasteiger charge is 2.21. The van der Waals surface area contributed by atoms with Crippen molar-refractivity contribution in [1.29, 1.82) is 0 Å². The molecule has 2 aromatic rings. The number of rotatable bonds is 5. The number of hydrogen-bond donors (Lipinski definition) is 2. The summed E-state index contributed by atoms with van der Waals surface area (Å²) in [6.07, 6.45) is 2.13. The van der Waals surface area contributed by atoms with Crippen LogP contribution in [0.1, 0.15) is 36.7 Å². The Balaban J connectivity index is 0.00000300. The molecule has 0 saturated carbocycles. The van der Waals surface area contributed by atoms with E-state index in [0.717, 1.165) is 55.5 Å². The van der Waals surface area contributed by atoms with E-state index in [4.69, 9.17) is 4.99 Å². The van der Waals surface area contributed by atoms with Gasteiger partial charge >= 0.3 is 0 Å². The Hall–Kier alpha value is -1.84. The quantitative estimate of drug-likeness (QED) is 0.365. The molecule has 0 bridgehead atoms. The first-order valence-corrected chi connectivity index (χ1v) is 10.0. The van der Waals surface area contributed by atoms with Gasteiger partial charge in [-0.05, 0) is 51.8 Å². The van der Waals surface area contributed by atoms with Crippen LogP contribution in [0.4, 0.5) is 10.1 Å². The van der Waals surface area contributed by atoms with Gasteiger partial charge in [-0.3, -0.25) is 4.68 Å². The maximum Gasteiger partial charge on any atom is 0.191 e. The molecule has 8 heteroatoms. The molecule has 6 nitrogen and oxygen atoms in total. The van der Waals surface area contributed by atoms with Crippen LogP contribution in [-0.4, -0.2) is 41.4 Å². The summed E-state index contributed by atoms with van der Waals surface area (Å²) in [6.45, 7) is 9.34. The Morgan fingerprint density at radius 2 is 2.14 bits per heavy atom. The maximum absolute atomic E-state index is 13.6. The molecule has 0 radical (unpaired) electrons. The number of piperidine rings is 1. The summed E-state index contributed by atoms with van der Waals surface area (Å²) in [5, 5.41) is 11.4. The second-order valence-corrected chi connectivity index (χ2v) is 7.38. The third-order valence-corrected chi connectivity index (χ3v) is 5.33. The van der Waals surface area contributed by atoms with Crippen molar-refractivity contribution in [3.8, 4) is 0 Å². The summed E-state index contributed by atoms with van der Waals surface area (Å²) in [5.74, 6) is 0.626. The summed E-state index contributed by atoms with van der Waals surface area (Å²) < 4.78 is 15.5. The van der Waals surface area contributed by atoms with Crippen molar-refractivity contribution < 1.29 is 4.39 Å². The Labute approximate surface area is 190 Å². The molecule has 0 spiro atoms. The third-order valence-electron chi connectivity index (χ3n) is 5.33. The van der Waals surface area contributed by atoms with E-state index in [0.29, 0.717) is 6.54 Å². The van der Waals surface area contributed by atoms with Crippen LogP contribution in [0.3, 0.4) is 0 Å². The van der Waals surface area contributed by atoms with Gasteiger partial charge < -0.3 is 15.5 Å². The molecule has 2 N–H and O–H groups in total. The molecule has 0 aliphatic carbocycles. The fourth-order valence-electron chi connectivity index (χ4n) is 3.72. The molecular formula is C21H32FIN6. The van der Waals surface area contributed by atoms with Gasteiger partial charge in [-0.2, -0.15) is 5.10 Å². The minimum Gasteiger partial charge on any atom is -0.369 e. The molecular weight excluding hydrogens is 482 g/mol. The van der Waals surface area contributed by atoms with Crippen LogP contribution in [0.2, 0.25) is 0 Å². The fraction of sp³-hybridized carbons (Fsp3) is 0.524. The number of aromatic nitrogens is 2. The average Bonchev–Trinajstić information content (AvgIpc) is 2.92. The van der Waals surface area contributed by atoms with E-state index >= 15 is 0 Å². The number of nitrogens with one attached hydrogen (secondary N) is 2. The molecule has 1 aliphatic rings. The van der Waals surface area contributed by atoms with Crippen LogP contribution >= 0.6 is 24.0 Å². The Morgan fingerprint density at radius 3 is 2.79 bits per heavy atom. The molecule has 160 valence electrons. The zero-order valence-corrected chi connectivity index (χ0v) is 20.0. The topological polar surface area (TPSA) is 57.5 Å². The van der Waals surface area contributed by atoms with Crippen molar-refractivity contribution in [2.45, 2.75) is 46.2 Å². The van der Waals surface area contributed by atoms with Crippen LogP contribution in [0, 0.1) is 19.7 Å². The van der Waals surface area contributed by atoms with Gasteiger partial charge in [-0.1, -0.05) is 6.07 Å². The number of aryl methyl sites for hydroxylation is 2. The van der Waals surface area contributed by atoms with E-state index in [1.807, 2.05) is 24.7 Å². The van der Waals surface area contributed by atoms with E-state index in [-0.39, 0.29) is 35.8 Å². The van der Waals surface area contributed by atoms with Gasteiger partial charge in [-0.15, -0.1) is 24.0 Å². The molecule has 29 heavy (non-hydrogen) atoms.